The third-order valence-electron chi connectivity index (χ3n) is 5.31. The first-order valence-corrected chi connectivity index (χ1v) is 11.7. The molecule has 3 amide bonds. The van der Waals surface area contributed by atoms with E-state index in [-0.39, 0.29) is 11.5 Å². The van der Waals surface area contributed by atoms with Crippen LogP contribution in [0.1, 0.15) is 11.1 Å². The molecule has 0 saturated carbocycles. The predicted molar refractivity (Wildman–Crippen MR) is 131 cm³/mol. The summed E-state index contributed by atoms with van der Waals surface area (Å²) >= 11 is 0.580. The molecular weight excluding hydrogens is 528 g/mol. The summed E-state index contributed by atoms with van der Waals surface area (Å²) in [5.41, 5.74) is 0.184. The van der Waals surface area contributed by atoms with E-state index in [0.717, 1.165) is 6.07 Å². The molecule has 3 aromatic carbocycles. The molecule has 1 heterocycles. The fourth-order valence-corrected chi connectivity index (χ4v) is 4.25. The summed E-state index contributed by atoms with van der Waals surface area (Å²) in [4.78, 5) is 38.0. The van der Waals surface area contributed by atoms with Crippen molar-refractivity contribution in [1.82, 2.24) is 4.90 Å². The maximum absolute atomic E-state index is 13.8. The number of nitrogens with zero attached hydrogens (tertiary/aromatic N) is 1. The molecule has 7 nitrogen and oxygen atoms in total. The molecule has 196 valence electrons. The number of imide groups is 1. The van der Waals surface area contributed by atoms with Crippen molar-refractivity contribution in [2.75, 3.05) is 19.0 Å². The van der Waals surface area contributed by atoms with Gasteiger partial charge in [0.15, 0.2) is 29.0 Å². The second kappa shape index (κ2) is 11.4. The minimum Gasteiger partial charge on any atom is -0.493 e. The van der Waals surface area contributed by atoms with Gasteiger partial charge in [-0.25, -0.2) is 17.6 Å². The van der Waals surface area contributed by atoms with E-state index in [1.807, 2.05) is 5.32 Å². The van der Waals surface area contributed by atoms with E-state index in [4.69, 9.17) is 9.47 Å². The molecule has 12 heteroatoms. The van der Waals surface area contributed by atoms with E-state index >= 15 is 0 Å². The molecule has 0 spiro atoms. The zero-order valence-corrected chi connectivity index (χ0v) is 20.4. The number of nitrogens with one attached hydrogen (secondary N) is 1. The lowest BCUT2D eigenvalue weighted by Crippen LogP contribution is -2.36. The third-order valence-corrected chi connectivity index (χ3v) is 6.22. The lowest BCUT2D eigenvalue weighted by atomic mass is 10.1. The fraction of sp³-hybridized carbons (Fsp3) is 0.115. The molecule has 0 atom stereocenters. The van der Waals surface area contributed by atoms with E-state index < -0.39 is 52.6 Å². The molecule has 0 aromatic heterocycles. The number of rotatable bonds is 8. The van der Waals surface area contributed by atoms with Crippen molar-refractivity contribution in [3.05, 3.63) is 93.9 Å². The van der Waals surface area contributed by atoms with Crippen LogP contribution in [0.2, 0.25) is 0 Å². The van der Waals surface area contributed by atoms with Crippen LogP contribution in [0.15, 0.2) is 59.5 Å². The van der Waals surface area contributed by atoms with E-state index in [1.165, 1.54) is 19.3 Å². The normalized spacial score (nSPS) is 14.2. The highest BCUT2D eigenvalue weighted by Gasteiger charge is 2.36. The number of carbonyl (C=O) groups excluding carboxylic acids is 3. The highest BCUT2D eigenvalue weighted by atomic mass is 32.2. The Balaban J connectivity index is 1.44. The summed E-state index contributed by atoms with van der Waals surface area (Å²) < 4.78 is 65.1. The Kier molecular flexibility index (Phi) is 8.01. The summed E-state index contributed by atoms with van der Waals surface area (Å²) in [6.45, 7) is -0.815. The van der Waals surface area contributed by atoms with Crippen LogP contribution >= 0.6 is 11.8 Å². The van der Waals surface area contributed by atoms with Crippen molar-refractivity contribution in [3.63, 3.8) is 0 Å². The smallest absolute Gasteiger partial charge is 0.294 e. The number of methoxy groups -OCH3 is 1. The Hall–Kier alpha value is -4.32. The lowest BCUT2D eigenvalue weighted by Gasteiger charge is -2.13. The lowest BCUT2D eigenvalue weighted by molar-refractivity contribution is -0.127. The molecule has 1 fully saturated rings. The number of carbonyl (C=O) groups is 3. The van der Waals surface area contributed by atoms with Gasteiger partial charge in [-0.1, -0.05) is 24.3 Å². The van der Waals surface area contributed by atoms with Gasteiger partial charge in [0, 0.05) is 5.56 Å². The van der Waals surface area contributed by atoms with Gasteiger partial charge in [0.1, 0.15) is 19.0 Å². The van der Waals surface area contributed by atoms with Crippen LogP contribution in [-0.2, 0) is 16.2 Å². The van der Waals surface area contributed by atoms with Crippen LogP contribution in [0.5, 0.6) is 11.5 Å². The molecule has 38 heavy (non-hydrogen) atoms. The Bertz CT molecular complexity index is 1460. The number of anilines is 1. The van der Waals surface area contributed by atoms with Crippen LogP contribution < -0.4 is 14.8 Å². The number of hydrogen-bond donors (Lipinski definition) is 1. The number of amides is 3. The molecule has 1 N–H and O–H groups in total. The van der Waals surface area contributed by atoms with Crippen LogP contribution in [0.3, 0.4) is 0 Å². The highest BCUT2D eigenvalue weighted by Crippen LogP contribution is 2.35. The minimum atomic E-state index is -1.77. The van der Waals surface area contributed by atoms with Gasteiger partial charge < -0.3 is 14.8 Å². The number of benzene rings is 3. The van der Waals surface area contributed by atoms with Gasteiger partial charge in [0.2, 0.25) is 5.91 Å². The summed E-state index contributed by atoms with van der Waals surface area (Å²) in [5, 5.41) is 1.26. The molecule has 4 rings (SSSR count). The van der Waals surface area contributed by atoms with E-state index in [1.54, 1.807) is 36.4 Å². The Morgan fingerprint density at radius 2 is 1.74 bits per heavy atom. The number of ether oxygens (including phenoxy) is 2. The third kappa shape index (κ3) is 5.80. The summed E-state index contributed by atoms with van der Waals surface area (Å²) in [7, 11) is 1.40. The van der Waals surface area contributed by atoms with Gasteiger partial charge in [-0.05, 0) is 53.7 Å². The second-order valence-corrected chi connectivity index (χ2v) is 8.82. The molecule has 1 aliphatic heterocycles. The van der Waals surface area contributed by atoms with Crippen molar-refractivity contribution < 1.29 is 41.4 Å². The largest absolute Gasteiger partial charge is 0.493 e. The molecule has 0 unspecified atom stereocenters. The summed E-state index contributed by atoms with van der Waals surface area (Å²) in [6.07, 6.45) is 1.40. The van der Waals surface area contributed by atoms with Gasteiger partial charge in [0.25, 0.3) is 11.1 Å². The number of thioether (sulfide) groups is 1. The topological polar surface area (TPSA) is 84.9 Å². The zero-order valence-electron chi connectivity index (χ0n) is 19.6. The highest BCUT2D eigenvalue weighted by molar-refractivity contribution is 8.18. The van der Waals surface area contributed by atoms with Gasteiger partial charge >= 0.3 is 0 Å². The molecule has 1 saturated heterocycles. The van der Waals surface area contributed by atoms with Gasteiger partial charge in [-0.15, -0.1) is 0 Å². The first-order chi connectivity index (χ1) is 18.2. The molecular formula is C26H18F4N2O5S. The maximum Gasteiger partial charge on any atom is 0.294 e. The fourth-order valence-electron chi connectivity index (χ4n) is 3.41. The maximum atomic E-state index is 13.8. The van der Waals surface area contributed by atoms with Gasteiger partial charge in [-0.3, -0.25) is 19.3 Å². The van der Waals surface area contributed by atoms with Crippen LogP contribution in [0.4, 0.5) is 28.0 Å². The summed E-state index contributed by atoms with van der Waals surface area (Å²) in [6, 6.07) is 12.3. The van der Waals surface area contributed by atoms with Gasteiger partial charge in [0.05, 0.1) is 17.7 Å². The average Bonchev–Trinajstić information content (AvgIpc) is 3.16. The molecule has 3 aromatic rings. The predicted octanol–water partition coefficient (Wildman–Crippen LogP) is 5.51. The van der Waals surface area contributed by atoms with E-state index in [2.05, 4.69) is 0 Å². The molecule has 0 radical (unpaired) electrons. The quantitative estimate of drug-likeness (QED) is 0.228. The molecule has 1 aliphatic rings. The van der Waals surface area contributed by atoms with Crippen molar-refractivity contribution in [2.45, 2.75) is 6.61 Å². The van der Waals surface area contributed by atoms with E-state index in [0.29, 0.717) is 45.4 Å². The first-order valence-electron chi connectivity index (χ1n) is 10.9. The van der Waals surface area contributed by atoms with E-state index in [9.17, 15) is 31.9 Å². The Morgan fingerprint density at radius 3 is 2.47 bits per heavy atom. The second-order valence-electron chi connectivity index (χ2n) is 7.83. The van der Waals surface area contributed by atoms with Crippen molar-refractivity contribution in [3.8, 4) is 11.5 Å². The average molecular weight is 546 g/mol. The van der Waals surface area contributed by atoms with Crippen molar-refractivity contribution >= 4 is 40.6 Å². The van der Waals surface area contributed by atoms with Gasteiger partial charge in [-0.2, -0.15) is 0 Å². The Labute approximate surface area is 218 Å². The van der Waals surface area contributed by atoms with Crippen molar-refractivity contribution in [2.24, 2.45) is 0 Å². The SMILES string of the molecule is COc1cc(/C=C2/SC(=O)N(CC(=O)Nc3ccc(F)c(F)c3F)C2=O)ccc1OCc1ccccc1F. The molecule has 0 bridgehead atoms. The van der Waals surface area contributed by atoms with Crippen LogP contribution in [0, 0.1) is 23.3 Å². The van der Waals surface area contributed by atoms with Crippen molar-refractivity contribution in [1.29, 1.82) is 0 Å². The summed E-state index contributed by atoms with van der Waals surface area (Å²) in [5.74, 6) is -6.38. The number of halogens is 4. The standard InChI is InChI=1S/C26H18F4N2O5S/c1-36-20-10-14(6-9-19(20)37-13-15-4-2-3-5-16(15)27)11-21-25(34)32(26(35)38-21)12-22(33)31-18-8-7-17(28)23(29)24(18)30/h2-11H,12-13H2,1H3,(H,31,33)/b21-11+. The Morgan fingerprint density at radius 1 is 0.974 bits per heavy atom. The first kappa shape index (κ1) is 26.7. The zero-order chi connectivity index (χ0) is 27.4. The minimum absolute atomic E-state index is 0.00360. The monoisotopic (exact) mass is 546 g/mol. The van der Waals surface area contributed by atoms with Crippen LogP contribution in [-0.4, -0.2) is 35.6 Å². The molecule has 0 aliphatic carbocycles. The number of hydrogen-bond acceptors (Lipinski definition) is 6. The van der Waals surface area contributed by atoms with Crippen LogP contribution in [0.25, 0.3) is 6.08 Å².